The van der Waals surface area contributed by atoms with Crippen molar-refractivity contribution >= 4 is 6.09 Å². The molecular formula is C18H32N4O2. The van der Waals surface area contributed by atoms with Crippen LogP contribution in [0, 0.1) is 11.8 Å². The van der Waals surface area contributed by atoms with Crippen molar-refractivity contribution < 1.29 is 9.53 Å². The number of nitrogens with one attached hydrogen (secondary N) is 2. The van der Waals surface area contributed by atoms with Gasteiger partial charge >= 0.3 is 6.09 Å². The fraction of sp³-hybridized carbons (Fsp3) is 0.722. The molecule has 0 aromatic heterocycles. The largest absolute Gasteiger partial charge is 0.447 e. The Hall–Kier alpha value is -1.69. The van der Waals surface area contributed by atoms with E-state index in [4.69, 9.17) is 4.74 Å². The molecule has 6 nitrogen and oxygen atoms in total. The Morgan fingerprint density at radius 3 is 2.83 bits per heavy atom. The second-order valence-corrected chi connectivity index (χ2v) is 7.10. The van der Waals surface area contributed by atoms with Crippen molar-refractivity contribution in [2.75, 3.05) is 40.3 Å². The molecule has 2 aliphatic heterocycles. The molecule has 24 heavy (non-hydrogen) atoms. The molecule has 6 heteroatoms. The van der Waals surface area contributed by atoms with Crippen molar-refractivity contribution in [1.29, 1.82) is 0 Å². The lowest BCUT2D eigenvalue weighted by atomic mass is 9.89. The lowest BCUT2D eigenvalue weighted by Gasteiger charge is -2.33. The maximum Gasteiger partial charge on any atom is 0.414 e. The van der Waals surface area contributed by atoms with E-state index in [2.05, 4.69) is 50.1 Å². The van der Waals surface area contributed by atoms with Crippen LogP contribution in [0.1, 0.15) is 26.7 Å². The third-order valence-corrected chi connectivity index (χ3v) is 5.04. The van der Waals surface area contributed by atoms with E-state index in [9.17, 15) is 4.79 Å². The van der Waals surface area contributed by atoms with Crippen LogP contribution < -0.4 is 10.6 Å². The summed E-state index contributed by atoms with van der Waals surface area (Å²) in [5, 5.41) is 6.70. The van der Waals surface area contributed by atoms with E-state index in [1.807, 2.05) is 6.20 Å². The van der Waals surface area contributed by atoms with Gasteiger partial charge in [0, 0.05) is 42.5 Å². The van der Waals surface area contributed by atoms with Crippen LogP contribution >= 0.6 is 0 Å². The van der Waals surface area contributed by atoms with Crippen molar-refractivity contribution in [2.45, 2.75) is 32.7 Å². The fourth-order valence-electron chi connectivity index (χ4n) is 3.25. The molecule has 0 aliphatic carbocycles. The predicted octanol–water partition coefficient (Wildman–Crippen LogP) is 1.97. The standard InChI is InChI=1S/C18H32N4O2/c1-13(14(2)17-11-19-8-9-20-17)15(3)22-16(12-24-18(22)23)7-6-10-21(4)5/h11,13-14,16,19-20H,3,6-10,12H2,1-2,4-5H3/t13-,14+,16-/m0/s1. The fourth-order valence-corrected chi connectivity index (χ4v) is 3.25. The van der Waals surface area contributed by atoms with E-state index in [-0.39, 0.29) is 24.0 Å². The Morgan fingerprint density at radius 1 is 1.46 bits per heavy atom. The molecule has 2 rings (SSSR count). The molecule has 2 aliphatic rings. The van der Waals surface area contributed by atoms with Crippen LogP contribution in [0.15, 0.2) is 24.2 Å². The Balaban J connectivity index is 1.99. The van der Waals surface area contributed by atoms with Crippen molar-refractivity contribution in [3.63, 3.8) is 0 Å². The highest BCUT2D eigenvalue weighted by molar-refractivity contribution is 5.72. The molecule has 0 bridgehead atoms. The summed E-state index contributed by atoms with van der Waals surface area (Å²) >= 11 is 0. The molecule has 136 valence electrons. The van der Waals surface area contributed by atoms with Gasteiger partial charge in [-0.15, -0.1) is 0 Å². The van der Waals surface area contributed by atoms with E-state index in [1.54, 1.807) is 4.90 Å². The predicted molar refractivity (Wildman–Crippen MR) is 96.3 cm³/mol. The van der Waals surface area contributed by atoms with Crippen molar-refractivity contribution in [3.05, 3.63) is 24.2 Å². The van der Waals surface area contributed by atoms with E-state index < -0.39 is 0 Å². The van der Waals surface area contributed by atoms with E-state index in [1.165, 1.54) is 5.70 Å². The van der Waals surface area contributed by atoms with Crippen LogP contribution in [0.4, 0.5) is 4.79 Å². The first-order valence-electron chi connectivity index (χ1n) is 8.88. The molecule has 0 aromatic rings. The maximum atomic E-state index is 12.2. The molecule has 0 unspecified atom stereocenters. The zero-order chi connectivity index (χ0) is 17.7. The number of carbonyl (C=O) groups is 1. The second kappa shape index (κ2) is 8.42. The number of cyclic esters (lactones) is 1. The molecule has 3 atom stereocenters. The molecule has 0 radical (unpaired) electrons. The molecule has 1 saturated heterocycles. The second-order valence-electron chi connectivity index (χ2n) is 7.10. The summed E-state index contributed by atoms with van der Waals surface area (Å²) in [7, 11) is 4.13. The third kappa shape index (κ3) is 4.44. The van der Waals surface area contributed by atoms with Crippen LogP contribution in [0.25, 0.3) is 0 Å². The smallest absolute Gasteiger partial charge is 0.414 e. The van der Waals surface area contributed by atoms with Crippen molar-refractivity contribution in [1.82, 2.24) is 20.4 Å². The number of amides is 1. The van der Waals surface area contributed by atoms with Gasteiger partial charge in [-0.1, -0.05) is 20.4 Å². The SMILES string of the molecule is C=C([C@@H](C)[C@@H](C)C1=CNCCN1)N1C(=O)OC[C@@H]1CCCN(C)C. The van der Waals surface area contributed by atoms with Crippen LogP contribution in [0.3, 0.4) is 0 Å². The maximum absolute atomic E-state index is 12.2. The average molecular weight is 336 g/mol. The van der Waals surface area contributed by atoms with Crippen LogP contribution in [0.2, 0.25) is 0 Å². The summed E-state index contributed by atoms with van der Waals surface area (Å²) in [6.07, 6.45) is 3.76. The molecule has 0 spiro atoms. The van der Waals surface area contributed by atoms with Crippen LogP contribution in [-0.4, -0.2) is 62.3 Å². The normalized spacial score (nSPS) is 23.2. The van der Waals surface area contributed by atoms with Crippen LogP contribution in [-0.2, 0) is 4.74 Å². The van der Waals surface area contributed by atoms with Gasteiger partial charge in [0.05, 0.1) is 6.04 Å². The highest BCUT2D eigenvalue weighted by atomic mass is 16.6. The lowest BCUT2D eigenvalue weighted by Crippen LogP contribution is -2.39. The highest BCUT2D eigenvalue weighted by Gasteiger charge is 2.37. The molecule has 2 heterocycles. The highest BCUT2D eigenvalue weighted by Crippen LogP contribution is 2.31. The summed E-state index contributed by atoms with van der Waals surface area (Å²) in [6.45, 7) is 11.9. The average Bonchev–Trinajstić information content (AvgIpc) is 2.94. The first-order chi connectivity index (χ1) is 11.4. The quantitative estimate of drug-likeness (QED) is 0.710. The number of rotatable bonds is 8. The van der Waals surface area contributed by atoms with Crippen molar-refractivity contribution in [3.8, 4) is 0 Å². The summed E-state index contributed by atoms with van der Waals surface area (Å²) in [6, 6.07) is 0.103. The number of nitrogens with zero attached hydrogens (tertiary/aromatic N) is 2. The minimum Gasteiger partial charge on any atom is -0.447 e. The number of allylic oxidation sites excluding steroid dienone is 2. The zero-order valence-corrected chi connectivity index (χ0v) is 15.5. The summed E-state index contributed by atoms with van der Waals surface area (Å²) in [5.74, 6) is 0.423. The number of hydrogen-bond donors (Lipinski definition) is 2. The van der Waals surface area contributed by atoms with Gasteiger partial charge in [0.25, 0.3) is 0 Å². The Kier molecular flexibility index (Phi) is 6.54. The van der Waals surface area contributed by atoms with Gasteiger partial charge in [-0.05, 0) is 33.5 Å². The zero-order valence-electron chi connectivity index (χ0n) is 15.5. The first-order valence-corrected chi connectivity index (χ1v) is 8.88. The first kappa shape index (κ1) is 18.6. The van der Waals surface area contributed by atoms with Gasteiger partial charge in [0.2, 0.25) is 0 Å². The minimum absolute atomic E-state index is 0.103. The van der Waals surface area contributed by atoms with Gasteiger partial charge in [-0.3, -0.25) is 4.90 Å². The van der Waals surface area contributed by atoms with Gasteiger partial charge in [-0.2, -0.15) is 0 Å². The van der Waals surface area contributed by atoms with Gasteiger partial charge in [0.1, 0.15) is 6.61 Å². The number of carbonyl (C=O) groups excluding carboxylic acids is 1. The third-order valence-electron chi connectivity index (χ3n) is 5.04. The summed E-state index contributed by atoms with van der Waals surface area (Å²) in [4.78, 5) is 16.2. The van der Waals surface area contributed by atoms with E-state index >= 15 is 0 Å². The molecule has 1 fully saturated rings. The number of hydrogen-bond acceptors (Lipinski definition) is 5. The lowest BCUT2D eigenvalue weighted by molar-refractivity contribution is 0.161. The minimum atomic E-state index is -0.252. The monoisotopic (exact) mass is 336 g/mol. The van der Waals surface area contributed by atoms with E-state index in [0.717, 1.165) is 38.2 Å². The Bertz CT molecular complexity index is 489. The molecule has 0 saturated carbocycles. The summed E-state index contributed by atoms with van der Waals surface area (Å²) in [5.41, 5.74) is 2.03. The van der Waals surface area contributed by atoms with Gasteiger partial charge in [-0.25, -0.2) is 4.79 Å². The molecular weight excluding hydrogens is 304 g/mol. The molecule has 0 aromatic carbocycles. The van der Waals surface area contributed by atoms with Crippen LogP contribution in [0.5, 0.6) is 0 Å². The van der Waals surface area contributed by atoms with Crippen molar-refractivity contribution in [2.24, 2.45) is 11.8 Å². The molecule has 2 N–H and O–H groups in total. The number of ether oxygens (including phenoxy) is 1. The Morgan fingerprint density at radius 2 is 2.21 bits per heavy atom. The molecule has 1 amide bonds. The summed E-state index contributed by atoms with van der Waals surface area (Å²) < 4.78 is 5.30. The Labute approximate surface area is 145 Å². The van der Waals surface area contributed by atoms with Gasteiger partial charge in [0.15, 0.2) is 0 Å². The van der Waals surface area contributed by atoms with E-state index in [0.29, 0.717) is 6.61 Å². The van der Waals surface area contributed by atoms with Gasteiger partial charge < -0.3 is 20.3 Å². The topological polar surface area (TPSA) is 56.8 Å².